The van der Waals surface area contributed by atoms with Gasteiger partial charge in [0.05, 0.1) is 24.9 Å². The molecule has 0 unspecified atom stereocenters. The molecule has 0 aromatic carbocycles. The molecule has 0 amide bonds. The van der Waals surface area contributed by atoms with Crippen LogP contribution in [0.15, 0.2) is 0 Å². The summed E-state index contributed by atoms with van der Waals surface area (Å²) in [7, 11) is 0. The Balaban J connectivity index is 1.73. The molecule has 0 aliphatic carbocycles. The summed E-state index contributed by atoms with van der Waals surface area (Å²) >= 11 is 0. The zero-order chi connectivity index (χ0) is 16.8. The predicted octanol–water partition coefficient (Wildman–Crippen LogP) is 3.36. The van der Waals surface area contributed by atoms with E-state index < -0.39 is 6.10 Å². The molecule has 1 saturated heterocycles. The maximum Gasteiger partial charge on any atom is 0.0987 e. The van der Waals surface area contributed by atoms with Crippen molar-refractivity contribution in [1.82, 2.24) is 5.32 Å². The highest BCUT2D eigenvalue weighted by molar-refractivity contribution is 4.87. The molecule has 23 heavy (non-hydrogen) atoms. The molecule has 0 aromatic heterocycles. The summed E-state index contributed by atoms with van der Waals surface area (Å²) in [6, 6.07) is -0.214. The Bertz CT molecular complexity index is 264. The normalized spacial score (nSPS) is 24.4. The van der Waals surface area contributed by atoms with Crippen molar-refractivity contribution in [1.29, 1.82) is 0 Å². The fraction of sp³-hybridized carbons (Fsp3) is 1.00. The number of hydrogen-bond acceptors (Lipinski definition) is 4. The van der Waals surface area contributed by atoms with Crippen LogP contribution in [0.1, 0.15) is 84.0 Å². The molecule has 0 spiro atoms. The van der Waals surface area contributed by atoms with Crippen LogP contribution in [0.2, 0.25) is 0 Å². The third-order valence-electron chi connectivity index (χ3n) is 4.87. The van der Waals surface area contributed by atoms with Gasteiger partial charge in [0.15, 0.2) is 0 Å². The molecule has 1 fully saturated rings. The molecule has 4 nitrogen and oxygen atoms in total. The van der Waals surface area contributed by atoms with Crippen molar-refractivity contribution in [2.45, 2.75) is 102 Å². The van der Waals surface area contributed by atoms with Crippen LogP contribution in [-0.4, -0.2) is 43.1 Å². The average Bonchev–Trinajstić information content (AvgIpc) is 2.87. The highest BCUT2D eigenvalue weighted by Gasteiger charge is 2.32. The van der Waals surface area contributed by atoms with E-state index in [1.165, 1.54) is 77.0 Å². The number of unbranched alkanes of at least 4 members (excludes halogenated alkanes) is 11. The fourth-order valence-corrected chi connectivity index (χ4v) is 3.22. The van der Waals surface area contributed by atoms with E-state index in [1.54, 1.807) is 0 Å². The third-order valence-corrected chi connectivity index (χ3v) is 4.87. The smallest absolute Gasteiger partial charge is 0.0987 e. The fourth-order valence-electron chi connectivity index (χ4n) is 3.22. The standard InChI is InChI=1S/C19H40N2O2/c1-2-3-4-5-6-7-8-9-10-11-12-13-14-21-15-18-19(22)17(20)16-23-18/h17-19,21-22H,2-16,20H2,1H3/t17-,18-,19+/m0/s1. The summed E-state index contributed by atoms with van der Waals surface area (Å²) < 4.78 is 5.45. The third kappa shape index (κ3) is 10.3. The van der Waals surface area contributed by atoms with Crippen LogP contribution in [0, 0.1) is 0 Å². The summed E-state index contributed by atoms with van der Waals surface area (Å²) in [4.78, 5) is 0. The van der Waals surface area contributed by atoms with Gasteiger partial charge < -0.3 is 20.9 Å². The van der Waals surface area contributed by atoms with E-state index in [4.69, 9.17) is 10.5 Å². The Morgan fingerprint density at radius 2 is 1.43 bits per heavy atom. The van der Waals surface area contributed by atoms with Gasteiger partial charge in [-0.05, 0) is 13.0 Å². The van der Waals surface area contributed by atoms with Crippen LogP contribution in [-0.2, 0) is 4.74 Å². The number of aliphatic hydroxyl groups excluding tert-OH is 1. The Labute approximate surface area is 143 Å². The van der Waals surface area contributed by atoms with Crippen LogP contribution in [0.3, 0.4) is 0 Å². The molecule has 4 heteroatoms. The predicted molar refractivity (Wildman–Crippen MR) is 97.7 cm³/mol. The van der Waals surface area contributed by atoms with E-state index in [0.717, 1.165) is 6.54 Å². The van der Waals surface area contributed by atoms with E-state index >= 15 is 0 Å². The number of ether oxygens (including phenoxy) is 1. The Morgan fingerprint density at radius 3 is 1.91 bits per heavy atom. The lowest BCUT2D eigenvalue weighted by Gasteiger charge is -2.15. The van der Waals surface area contributed by atoms with Gasteiger partial charge in [-0.15, -0.1) is 0 Å². The SMILES string of the molecule is CCCCCCCCCCCCCCNC[C@@H]1OC[C@H](N)[C@H]1O. The molecule has 1 rings (SSSR count). The molecule has 138 valence electrons. The molecule has 1 heterocycles. The number of hydrogen-bond donors (Lipinski definition) is 3. The molecule has 0 bridgehead atoms. The summed E-state index contributed by atoms with van der Waals surface area (Å²) in [5, 5.41) is 13.1. The Morgan fingerprint density at radius 1 is 0.913 bits per heavy atom. The number of aliphatic hydroxyl groups is 1. The van der Waals surface area contributed by atoms with Crippen molar-refractivity contribution in [3.05, 3.63) is 0 Å². The van der Waals surface area contributed by atoms with Gasteiger partial charge in [0.25, 0.3) is 0 Å². The first-order valence-electron chi connectivity index (χ1n) is 10.0. The molecular formula is C19H40N2O2. The maximum absolute atomic E-state index is 9.77. The second kappa shape index (κ2) is 14.2. The minimum absolute atomic E-state index is 0.123. The topological polar surface area (TPSA) is 67.5 Å². The molecule has 0 radical (unpaired) electrons. The first-order chi connectivity index (χ1) is 11.3. The van der Waals surface area contributed by atoms with Gasteiger partial charge in [-0.1, -0.05) is 77.6 Å². The first-order valence-corrected chi connectivity index (χ1v) is 10.0. The van der Waals surface area contributed by atoms with Crippen molar-refractivity contribution < 1.29 is 9.84 Å². The zero-order valence-electron chi connectivity index (χ0n) is 15.3. The monoisotopic (exact) mass is 328 g/mol. The highest BCUT2D eigenvalue weighted by Crippen LogP contribution is 2.13. The summed E-state index contributed by atoms with van der Waals surface area (Å²) in [5.41, 5.74) is 5.72. The lowest BCUT2D eigenvalue weighted by Crippen LogP contribution is -2.41. The average molecular weight is 329 g/mol. The molecule has 4 N–H and O–H groups in total. The molecule has 0 saturated carbocycles. The molecule has 3 atom stereocenters. The second-order valence-electron chi connectivity index (χ2n) is 7.12. The van der Waals surface area contributed by atoms with E-state index in [-0.39, 0.29) is 12.1 Å². The minimum atomic E-state index is -0.510. The summed E-state index contributed by atoms with van der Waals surface area (Å²) in [6.07, 6.45) is 15.9. The van der Waals surface area contributed by atoms with Gasteiger partial charge in [0, 0.05) is 6.54 Å². The number of rotatable bonds is 15. The van der Waals surface area contributed by atoms with Gasteiger partial charge in [-0.25, -0.2) is 0 Å². The molecule has 1 aliphatic heterocycles. The van der Waals surface area contributed by atoms with Gasteiger partial charge in [-0.3, -0.25) is 0 Å². The summed E-state index contributed by atoms with van der Waals surface area (Å²) in [6.45, 7) is 4.48. The van der Waals surface area contributed by atoms with Crippen molar-refractivity contribution in [3.8, 4) is 0 Å². The molecule has 1 aliphatic rings. The van der Waals surface area contributed by atoms with Crippen LogP contribution in [0.25, 0.3) is 0 Å². The molecular weight excluding hydrogens is 288 g/mol. The van der Waals surface area contributed by atoms with Gasteiger partial charge in [-0.2, -0.15) is 0 Å². The Kier molecular flexibility index (Phi) is 12.9. The summed E-state index contributed by atoms with van der Waals surface area (Å²) in [5.74, 6) is 0. The van der Waals surface area contributed by atoms with Gasteiger partial charge in [0.2, 0.25) is 0 Å². The highest BCUT2D eigenvalue weighted by atomic mass is 16.5. The minimum Gasteiger partial charge on any atom is -0.389 e. The van der Waals surface area contributed by atoms with Crippen molar-refractivity contribution in [2.75, 3.05) is 19.7 Å². The quantitative estimate of drug-likeness (QED) is 0.403. The lowest BCUT2D eigenvalue weighted by molar-refractivity contribution is 0.0419. The van der Waals surface area contributed by atoms with Crippen LogP contribution in [0.5, 0.6) is 0 Å². The molecule has 0 aromatic rings. The van der Waals surface area contributed by atoms with E-state index in [2.05, 4.69) is 12.2 Å². The zero-order valence-corrected chi connectivity index (χ0v) is 15.3. The second-order valence-corrected chi connectivity index (χ2v) is 7.12. The van der Waals surface area contributed by atoms with E-state index in [9.17, 15) is 5.11 Å². The van der Waals surface area contributed by atoms with Gasteiger partial charge >= 0.3 is 0 Å². The van der Waals surface area contributed by atoms with Crippen LogP contribution in [0.4, 0.5) is 0 Å². The van der Waals surface area contributed by atoms with Crippen molar-refractivity contribution >= 4 is 0 Å². The van der Waals surface area contributed by atoms with E-state index in [1.807, 2.05) is 0 Å². The van der Waals surface area contributed by atoms with E-state index in [0.29, 0.717) is 13.2 Å². The number of nitrogens with two attached hydrogens (primary N) is 1. The maximum atomic E-state index is 9.77. The van der Waals surface area contributed by atoms with Crippen LogP contribution < -0.4 is 11.1 Å². The van der Waals surface area contributed by atoms with Gasteiger partial charge in [0.1, 0.15) is 0 Å². The first kappa shape index (κ1) is 20.9. The Hall–Kier alpha value is -0.160. The lowest BCUT2D eigenvalue weighted by atomic mass is 10.1. The van der Waals surface area contributed by atoms with Crippen molar-refractivity contribution in [3.63, 3.8) is 0 Å². The van der Waals surface area contributed by atoms with Crippen LogP contribution >= 0.6 is 0 Å². The van der Waals surface area contributed by atoms with Crippen molar-refractivity contribution in [2.24, 2.45) is 5.73 Å². The number of nitrogens with one attached hydrogen (secondary N) is 1. The largest absolute Gasteiger partial charge is 0.389 e.